The molecule has 3 aromatic rings. The minimum absolute atomic E-state index is 0.00342. The molecule has 2 aromatic heterocycles. The number of carbonyl (C=O) groups excluding carboxylic acids is 1. The summed E-state index contributed by atoms with van der Waals surface area (Å²) < 4.78 is 33.3. The highest BCUT2D eigenvalue weighted by Gasteiger charge is 2.19. The second kappa shape index (κ2) is 7.04. The first kappa shape index (κ1) is 17.7. The number of aliphatic hydroxyl groups excluding tert-OH is 1. The zero-order chi connectivity index (χ0) is 18.8. The van der Waals surface area contributed by atoms with Crippen LogP contribution in [0.15, 0.2) is 35.0 Å². The molecule has 0 saturated carbocycles. The van der Waals surface area contributed by atoms with E-state index >= 15 is 0 Å². The van der Waals surface area contributed by atoms with Crippen LogP contribution >= 0.6 is 0 Å². The Morgan fingerprint density at radius 1 is 1.38 bits per heavy atom. The number of aromatic nitrogens is 3. The Bertz CT molecular complexity index is 951. The van der Waals surface area contributed by atoms with E-state index < -0.39 is 23.6 Å². The van der Waals surface area contributed by atoms with Crippen LogP contribution in [0.3, 0.4) is 0 Å². The molecule has 0 bridgehead atoms. The molecule has 0 spiro atoms. The molecule has 0 saturated heterocycles. The number of nitrogens with zero attached hydrogens (tertiary/aromatic N) is 3. The van der Waals surface area contributed by atoms with Crippen LogP contribution < -0.4 is 5.32 Å². The molecule has 0 aliphatic heterocycles. The summed E-state index contributed by atoms with van der Waals surface area (Å²) in [6, 6.07) is 4.23. The van der Waals surface area contributed by atoms with Crippen molar-refractivity contribution in [2.75, 3.05) is 6.54 Å². The number of aliphatic hydroxyl groups is 1. The Kier molecular flexibility index (Phi) is 4.81. The standard InChI is InChI=1S/C17H16F2N4O3/c1-9-12(7-21-23(9)2)15(24)8-20-17(25)14-6-16(26-22-14)11-4-3-10(18)5-13(11)19/h3-7,15,24H,8H2,1-2H3,(H,20,25). The number of amides is 1. The van der Waals surface area contributed by atoms with Crippen LogP contribution in [0.2, 0.25) is 0 Å². The highest BCUT2D eigenvalue weighted by Crippen LogP contribution is 2.24. The molecule has 9 heteroatoms. The normalized spacial score (nSPS) is 12.2. The van der Waals surface area contributed by atoms with Gasteiger partial charge in [-0.3, -0.25) is 9.48 Å². The van der Waals surface area contributed by atoms with Gasteiger partial charge in [0.25, 0.3) is 5.91 Å². The molecule has 7 nitrogen and oxygen atoms in total. The van der Waals surface area contributed by atoms with E-state index in [9.17, 15) is 18.7 Å². The number of hydrogen-bond acceptors (Lipinski definition) is 5. The number of benzene rings is 1. The molecule has 3 rings (SSSR count). The number of carbonyl (C=O) groups is 1. The van der Waals surface area contributed by atoms with Gasteiger partial charge in [-0.25, -0.2) is 8.78 Å². The van der Waals surface area contributed by atoms with Gasteiger partial charge in [0, 0.05) is 37.0 Å². The second-order valence-corrected chi connectivity index (χ2v) is 5.74. The lowest BCUT2D eigenvalue weighted by atomic mass is 10.1. The van der Waals surface area contributed by atoms with Gasteiger partial charge < -0.3 is 14.9 Å². The van der Waals surface area contributed by atoms with Crippen LogP contribution in [0.25, 0.3) is 11.3 Å². The van der Waals surface area contributed by atoms with E-state index in [1.165, 1.54) is 18.3 Å². The molecular weight excluding hydrogens is 346 g/mol. The fourth-order valence-corrected chi connectivity index (χ4v) is 2.43. The summed E-state index contributed by atoms with van der Waals surface area (Å²) >= 11 is 0. The van der Waals surface area contributed by atoms with Gasteiger partial charge in [-0.15, -0.1) is 0 Å². The summed E-state index contributed by atoms with van der Waals surface area (Å²) in [6.45, 7) is 1.74. The first-order valence-corrected chi connectivity index (χ1v) is 7.73. The highest BCUT2D eigenvalue weighted by atomic mass is 19.1. The van der Waals surface area contributed by atoms with Crippen molar-refractivity contribution in [1.82, 2.24) is 20.3 Å². The van der Waals surface area contributed by atoms with Crippen molar-refractivity contribution in [3.8, 4) is 11.3 Å². The quantitative estimate of drug-likeness (QED) is 0.725. The van der Waals surface area contributed by atoms with Crippen LogP contribution in [0.4, 0.5) is 8.78 Å². The average molecular weight is 362 g/mol. The molecule has 1 atom stereocenters. The highest BCUT2D eigenvalue weighted by molar-refractivity contribution is 5.93. The summed E-state index contributed by atoms with van der Waals surface area (Å²) in [5.74, 6) is -2.14. The minimum atomic E-state index is -0.937. The van der Waals surface area contributed by atoms with Gasteiger partial charge >= 0.3 is 0 Å². The SMILES string of the molecule is Cc1c(C(O)CNC(=O)c2cc(-c3ccc(F)cc3F)on2)cnn1C. The number of hydrogen-bond donors (Lipinski definition) is 2. The maximum absolute atomic E-state index is 13.8. The van der Waals surface area contributed by atoms with Gasteiger partial charge in [0.2, 0.25) is 0 Å². The summed E-state index contributed by atoms with van der Waals surface area (Å²) in [5.41, 5.74) is 1.28. The monoisotopic (exact) mass is 362 g/mol. The Labute approximate surface area is 147 Å². The number of nitrogens with one attached hydrogen (secondary N) is 1. The van der Waals surface area contributed by atoms with E-state index in [1.54, 1.807) is 18.7 Å². The molecule has 0 fully saturated rings. The Morgan fingerprint density at radius 2 is 2.15 bits per heavy atom. The lowest BCUT2D eigenvalue weighted by molar-refractivity contribution is 0.0907. The van der Waals surface area contributed by atoms with Crippen molar-refractivity contribution in [3.05, 3.63) is 59.0 Å². The van der Waals surface area contributed by atoms with Crippen LogP contribution in [0.1, 0.15) is 27.8 Å². The Balaban J connectivity index is 1.67. The summed E-state index contributed by atoms with van der Waals surface area (Å²) in [5, 5.41) is 20.3. The molecule has 1 unspecified atom stereocenters. The second-order valence-electron chi connectivity index (χ2n) is 5.74. The molecule has 0 aliphatic carbocycles. The smallest absolute Gasteiger partial charge is 0.273 e. The van der Waals surface area contributed by atoms with Crippen molar-refractivity contribution in [1.29, 1.82) is 0 Å². The third-order valence-electron chi connectivity index (χ3n) is 4.03. The summed E-state index contributed by atoms with van der Waals surface area (Å²) in [6.07, 6.45) is 0.589. The fraction of sp³-hybridized carbons (Fsp3) is 0.235. The van der Waals surface area contributed by atoms with Crippen molar-refractivity contribution in [2.24, 2.45) is 7.05 Å². The fourth-order valence-electron chi connectivity index (χ4n) is 2.43. The van der Waals surface area contributed by atoms with Crippen LogP contribution in [-0.2, 0) is 7.05 Å². The third-order valence-corrected chi connectivity index (χ3v) is 4.03. The topological polar surface area (TPSA) is 93.2 Å². The molecule has 136 valence electrons. The first-order valence-electron chi connectivity index (χ1n) is 7.73. The third kappa shape index (κ3) is 3.47. The molecule has 26 heavy (non-hydrogen) atoms. The largest absolute Gasteiger partial charge is 0.386 e. The van der Waals surface area contributed by atoms with Crippen LogP contribution in [0, 0.1) is 18.6 Å². The van der Waals surface area contributed by atoms with E-state index in [0.29, 0.717) is 11.6 Å². The molecule has 0 radical (unpaired) electrons. The number of rotatable bonds is 5. The van der Waals surface area contributed by atoms with Gasteiger partial charge in [0.1, 0.15) is 11.6 Å². The van der Waals surface area contributed by atoms with Crippen molar-refractivity contribution >= 4 is 5.91 Å². The van der Waals surface area contributed by atoms with Crippen molar-refractivity contribution in [3.63, 3.8) is 0 Å². The van der Waals surface area contributed by atoms with E-state index in [4.69, 9.17) is 4.52 Å². The van der Waals surface area contributed by atoms with Gasteiger partial charge in [0.15, 0.2) is 11.5 Å². The van der Waals surface area contributed by atoms with E-state index in [0.717, 1.165) is 11.8 Å². The molecular formula is C17H16F2N4O3. The van der Waals surface area contributed by atoms with Crippen molar-refractivity contribution < 1.29 is 23.2 Å². The molecule has 2 heterocycles. The lowest BCUT2D eigenvalue weighted by Crippen LogP contribution is -2.28. The molecule has 0 aliphatic rings. The summed E-state index contributed by atoms with van der Waals surface area (Å²) in [7, 11) is 1.75. The van der Waals surface area contributed by atoms with E-state index in [1.807, 2.05) is 0 Å². The molecule has 1 aromatic carbocycles. The van der Waals surface area contributed by atoms with Crippen LogP contribution in [0.5, 0.6) is 0 Å². The predicted octanol–water partition coefficient (Wildman–Crippen LogP) is 2.13. The van der Waals surface area contributed by atoms with Gasteiger partial charge in [0.05, 0.1) is 17.9 Å². The zero-order valence-corrected chi connectivity index (χ0v) is 14.0. The van der Waals surface area contributed by atoms with Gasteiger partial charge in [-0.1, -0.05) is 5.16 Å². The maximum Gasteiger partial charge on any atom is 0.273 e. The minimum Gasteiger partial charge on any atom is -0.386 e. The van der Waals surface area contributed by atoms with Crippen molar-refractivity contribution in [2.45, 2.75) is 13.0 Å². The number of halogens is 2. The number of aryl methyl sites for hydroxylation is 1. The average Bonchev–Trinajstić information content (AvgIpc) is 3.20. The Hall–Kier alpha value is -3.07. The molecule has 2 N–H and O–H groups in total. The first-order chi connectivity index (χ1) is 12.4. The molecule has 1 amide bonds. The van der Waals surface area contributed by atoms with Gasteiger partial charge in [-0.2, -0.15) is 5.10 Å². The predicted molar refractivity (Wildman–Crippen MR) is 87.1 cm³/mol. The Morgan fingerprint density at radius 3 is 2.81 bits per heavy atom. The van der Waals surface area contributed by atoms with E-state index in [-0.39, 0.29) is 23.6 Å². The maximum atomic E-state index is 13.8. The lowest BCUT2D eigenvalue weighted by Gasteiger charge is -2.10. The summed E-state index contributed by atoms with van der Waals surface area (Å²) in [4.78, 5) is 12.1. The van der Waals surface area contributed by atoms with Gasteiger partial charge in [-0.05, 0) is 19.1 Å². The zero-order valence-electron chi connectivity index (χ0n) is 14.0. The van der Waals surface area contributed by atoms with Crippen LogP contribution in [-0.4, -0.2) is 32.5 Å². The van der Waals surface area contributed by atoms with E-state index in [2.05, 4.69) is 15.6 Å².